The van der Waals surface area contributed by atoms with E-state index in [0.29, 0.717) is 5.56 Å². The van der Waals surface area contributed by atoms with Gasteiger partial charge in [0, 0.05) is 6.08 Å². The van der Waals surface area contributed by atoms with E-state index in [1.54, 1.807) is 0 Å². The summed E-state index contributed by atoms with van der Waals surface area (Å²) in [5.74, 6) is -2.08. The molecule has 16 heavy (non-hydrogen) atoms. The number of carboxylic acids is 1. The third kappa shape index (κ3) is 2.84. The molecule has 0 saturated heterocycles. The fourth-order valence-electron chi connectivity index (χ4n) is 1.06. The van der Waals surface area contributed by atoms with Gasteiger partial charge in [-0.25, -0.2) is 9.59 Å². The first-order valence-electron chi connectivity index (χ1n) is 4.37. The third-order valence-corrected chi connectivity index (χ3v) is 1.86. The monoisotopic (exact) mass is 222 g/mol. The molecule has 2 N–H and O–H groups in total. The van der Waals surface area contributed by atoms with Crippen molar-refractivity contribution in [1.29, 1.82) is 0 Å². The van der Waals surface area contributed by atoms with E-state index in [1.165, 1.54) is 31.4 Å². The number of rotatable bonds is 3. The molecule has 0 heterocycles. The van der Waals surface area contributed by atoms with Gasteiger partial charge in [0.05, 0.1) is 7.11 Å². The molecule has 0 amide bonds. The zero-order valence-electron chi connectivity index (χ0n) is 8.51. The molecule has 0 aromatic heterocycles. The molecule has 1 aromatic rings. The van der Waals surface area contributed by atoms with Crippen molar-refractivity contribution >= 4 is 18.0 Å². The maximum absolute atomic E-state index is 10.8. The Kier molecular flexibility index (Phi) is 3.66. The van der Waals surface area contributed by atoms with Gasteiger partial charge in [0.25, 0.3) is 0 Å². The van der Waals surface area contributed by atoms with Gasteiger partial charge in [-0.15, -0.1) is 0 Å². The second kappa shape index (κ2) is 4.97. The molecule has 0 aliphatic carbocycles. The first-order valence-corrected chi connectivity index (χ1v) is 4.37. The highest BCUT2D eigenvalue weighted by atomic mass is 16.5. The van der Waals surface area contributed by atoms with Crippen molar-refractivity contribution in [1.82, 2.24) is 0 Å². The maximum atomic E-state index is 10.8. The summed E-state index contributed by atoms with van der Waals surface area (Å²) in [6.45, 7) is 0. The van der Waals surface area contributed by atoms with Crippen molar-refractivity contribution in [3.8, 4) is 5.75 Å². The lowest BCUT2D eigenvalue weighted by molar-refractivity contribution is -0.134. The Morgan fingerprint density at radius 2 is 2.06 bits per heavy atom. The van der Waals surface area contributed by atoms with Gasteiger partial charge in [-0.3, -0.25) is 0 Å². The predicted molar refractivity (Wildman–Crippen MR) is 56.1 cm³/mol. The molecular weight excluding hydrogens is 212 g/mol. The van der Waals surface area contributed by atoms with Crippen LogP contribution in [0.15, 0.2) is 24.3 Å². The van der Waals surface area contributed by atoms with E-state index in [0.717, 1.165) is 6.08 Å². The largest absolute Gasteiger partial charge is 0.507 e. The molecule has 0 atom stereocenters. The number of carbonyl (C=O) groups excluding carboxylic acids is 1. The number of benzene rings is 1. The first-order chi connectivity index (χ1) is 7.54. The number of hydrogen-bond acceptors (Lipinski definition) is 4. The number of esters is 1. The van der Waals surface area contributed by atoms with Crippen molar-refractivity contribution in [2.45, 2.75) is 0 Å². The molecule has 0 saturated carbocycles. The summed E-state index contributed by atoms with van der Waals surface area (Å²) < 4.78 is 4.38. The summed E-state index contributed by atoms with van der Waals surface area (Å²) in [6.07, 6.45) is 2.57. The second-order valence-electron chi connectivity index (χ2n) is 2.94. The minimum atomic E-state index is -1.23. The van der Waals surface area contributed by atoms with Crippen molar-refractivity contribution in [3.63, 3.8) is 0 Å². The highest BCUT2D eigenvalue weighted by Gasteiger charge is 2.08. The minimum absolute atomic E-state index is 0.216. The Labute approximate surface area is 91.6 Å². The Bertz CT molecular complexity index is 448. The summed E-state index contributed by atoms with van der Waals surface area (Å²) >= 11 is 0. The van der Waals surface area contributed by atoms with Crippen molar-refractivity contribution in [2.24, 2.45) is 0 Å². The Hall–Kier alpha value is -2.30. The van der Waals surface area contributed by atoms with Gasteiger partial charge in [-0.2, -0.15) is 0 Å². The number of carboxylic acid groups (broad SMARTS) is 1. The second-order valence-corrected chi connectivity index (χ2v) is 2.94. The van der Waals surface area contributed by atoms with Gasteiger partial charge < -0.3 is 14.9 Å². The van der Waals surface area contributed by atoms with Crippen LogP contribution in [0.1, 0.15) is 15.9 Å². The molecule has 0 unspecified atom stereocenters. The van der Waals surface area contributed by atoms with E-state index in [1.807, 2.05) is 0 Å². The number of aromatic carboxylic acids is 1. The molecule has 84 valence electrons. The molecule has 0 bridgehead atoms. The lowest BCUT2D eigenvalue weighted by atomic mass is 10.1. The van der Waals surface area contributed by atoms with Crippen LogP contribution in [0.25, 0.3) is 6.08 Å². The molecule has 0 spiro atoms. The maximum Gasteiger partial charge on any atom is 0.339 e. The molecule has 5 nitrogen and oxygen atoms in total. The SMILES string of the molecule is COC(=O)C=Cc1ccc(O)c(C(=O)O)c1. The Morgan fingerprint density at radius 1 is 1.38 bits per heavy atom. The van der Waals surface area contributed by atoms with Crippen molar-refractivity contribution in [3.05, 3.63) is 35.4 Å². The van der Waals surface area contributed by atoms with Gasteiger partial charge in [-0.1, -0.05) is 6.07 Å². The third-order valence-electron chi connectivity index (χ3n) is 1.86. The summed E-state index contributed by atoms with van der Waals surface area (Å²) in [5, 5.41) is 18.0. The van der Waals surface area contributed by atoms with Gasteiger partial charge in [0.2, 0.25) is 0 Å². The zero-order chi connectivity index (χ0) is 12.1. The lowest BCUT2D eigenvalue weighted by Gasteiger charge is -2.00. The van der Waals surface area contributed by atoms with E-state index in [9.17, 15) is 14.7 Å². The average Bonchev–Trinajstić information content (AvgIpc) is 2.27. The van der Waals surface area contributed by atoms with Crippen LogP contribution in [0, 0.1) is 0 Å². The number of carbonyl (C=O) groups is 2. The van der Waals surface area contributed by atoms with Crippen molar-refractivity contribution in [2.75, 3.05) is 7.11 Å². The summed E-state index contributed by atoms with van der Waals surface area (Å²) in [7, 11) is 1.24. The summed E-state index contributed by atoms with van der Waals surface area (Å²) in [4.78, 5) is 21.5. The minimum Gasteiger partial charge on any atom is -0.507 e. The molecular formula is C11H10O5. The van der Waals surface area contributed by atoms with E-state index < -0.39 is 11.9 Å². The molecule has 0 aliphatic rings. The standard InChI is InChI=1S/C11H10O5/c1-16-10(13)5-3-7-2-4-9(12)8(6-7)11(14)15/h2-6,12H,1H3,(H,14,15). The number of hydrogen-bond donors (Lipinski definition) is 2. The highest BCUT2D eigenvalue weighted by Crippen LogP contribution is 2.19. The molecule has 1 aromatic carbocycles. The fourth-order valence-corrected chi connectivity index (χ4v) is 1.06. The van der Waals surface area contributed by atoms with Crippen LogP contribution < -0.4 is 0 Å². The Balaban J connectivity index is 2.99. The van der Waals surface area contributed by atoms with E-state index >= 15 is 0 Å². The van der Waals surface area contributed by atoms with Crippen LogP contribution in [0.2, 0.25) is 0 Å². The highest BCUT2D eigenvalue weighted by molar-refractivity contribution is 5.92. The predicted octanol–water partition coefficient (Wildman–Crippen LogP) is 1.28. The average molecular weight is 222 g/mol. The van der Waals surface area contributed by atoms with Crippen LogP contribution in [0.5, 0.6) is 5.75 Å². The lowest BCUT2D eigenvalue weighted by Crippen LogP contribution is -1.97. The normalized spacial score (nSPS) is 10.3. The van der Waals surface area contributed by atoms with Crippen molar-refractivity contribution < 1.29 is 24.5 Å². The van der Waals surface area contributed by atoms with E-state index in [4.69, 9.17) is 5.11 Å². The summed E-state index contributed by atoms with van der Waals surface area (Å²) in [5.41, 5.74) is 0.271. The number of ether oxygens (including phenoxy) is 1. The van der Waals surface area contributed by atoms with Gasteiger partial charge in [0.1, 0.15) is 11.3 Å². The first kappa shape index (κ1) is 11.8. The fraction of sp³-hybridized carbons (Fsp3) is 0.0909. The molecule has 0 aliphatic heterocycles. The number of methoxy groups -OCH3 is 1. The molecule has 5 heteroatoms. The topological polar surface area (TPSA) is 83.8 Å². The zero-order valence-corrected chi connectivity index (χ0v) is 8.51. The van der Waals surface area contributed by atoms with Gasteiger partial charge in [-0.05, 0) is 23.8 Å². The van der Waals surface area contributed by atoms with Gasteiger partial charge >= 0.3 is 11.9 Å². The number of phenols is 1. The molecule has 0 radical (unpaired) electrons. The molecule has 1 rings (SSSR count). The summed E-state index contributed by atoms with van der Waals surface area (Å²) in [6, 6.07) is 4.00. The van der Waals surface area contributed by atoms with Crippen LogP contribution >= 0.6 is 0 Å². The quantitative estimate of drug-likeness (QED) is 0.594. The number of aromatic hydroxyl groups is 1. The smallest absolute Gasteiger partial charge is 0.339 e. The molecule has 0 fully saturated rings. The Morgan fingerprint density at radius 3 is 2.62 bits per heavy atom. The van der Waals surface area contributed by atoms with Crippen LogP contribution in [0.4, 0.5) is 0 Å². The van der Waals surface area contributed by atoms with Crippen LogP contribution in [-0.2, 0) is 9.53 Å². The van der Waals surface area contributed by atoms with Crippen LogP contribution in [0.3, 0.4) is 0 Å². The van der Waals surface area contributed by atoms with E-state index in [-0.39, 0.29) is 11.3 Å². The van der Waals surface area contributed by atoms with Gasteiger partial charge in [0.15, 0.2) is 0 Å². The van der Waals surface area contributed by atoms with Crippen LogP contribution in [-0.4, -0.2) is 29.3 Å². The van der Waals surface area contributed by atoms with E-state index in [2.05, 4.69) is 4.74 Å².